The minimum absolute atomic E-state index is 0.0411. The van der Waals surface area contributed by atoms with Crippen molar-refractivity contribution in [3.63, 3.8) is 0 Å². The number of aryl methyl sites for hydroxylation is 2. The molecule has 0 aliphatic heterocycles. The smallest absolute Gasteiger partial charge is 0.265 e. The number of nitrogens with one attached hydrogen (secondary N) is 1. The maximum atomic E-state index is 12.2. The number of hydrogen-bond acceptors (Lipinski definition) is 3. The van der Waals surface area contributed by atoms with Gasteiger partial charge in [0.2, 0.25) is 0 Å². The second-order valence-corrected chi connectivity index (χ2v) is 5.71. The Morgan fingerprint density at radius 2 is 1.70 bits per heavy atom. The van der Waals surface area contributed by atoms with E-state index in [0.717, 1.165) is 11.1 Å². The first-order valence-corrected chi connectivity index (χ1v) is 7.52. The number of ketones is 1. The predicted molar refractivity (Wildman–Crippen MR) is 91.1 cm³/mol. The molecular weight excluding hydrogens is 290 g/mol. The summed E-state index contributed by atoms with van der Waals surface area (Å²) in [6.07, 6.45) is -0.641. The Morgan fingerprint density at radius 1 is 1.04 bits per heavy atom. The van der Waals surface area contributed by atoms with Crippen molar-refractivity contribution in [3.8, 4) is 5.75 Å². The third-order valence-corrected chi connectivity index (χ3v) is 3.41. The Balaban J connectivity index is 2.05. The molecule has 23 heavy (non-hydrogen) atoms. The molecule has 0 spiro atoms. The largest absolute Gasteiger partial charge is 0.481 e. The van der Waals surface area contributed by atoms with Crippen LogP contribution < -0.4 is 10.1 Å². The number of anilines is 1. The summed E-state index contributed by atoms with van der Waals surface area (Å²) in [6, 6.07) is 12.7. The van der Waals surface area contributed by atoms with E-state index in [-0.39, 0.29) is 11.7 Å². The maximum Gasteiger partial charge on any atom is 0.265 e. The third-order valence-electron chi connectivity index (χ3n) is 3.41. The standard InChI is InChI=1S/C19H21NO3/c1-12-8-13(2)10-18(9-12)23-15(4)19(22)20-17-7-5-6-16(11-17)14(3)21/h5-11,15H,1-4H3,(H,20,22)/t15-/m0/s1. The number of benzene rings is 2. The fourth-order valence-corrected chi connectivity index (χ4v) is 2.32. The minimum Gasteiger partial charge on any atom is -0.481 e. The number of amides is 1. The summed E-state index contributed by atoms with van der Waals surface area (Å²) in [5, 5.41) is 2.77. The van der Waals surface area contributed by atoms with Gasteiger partial charge >= 0.3 is 0 Å². The lowest BCUT2D eigenvalue weighted by Gasteiger charge is -2.16. The molecule has 0 bridgehead atoms. The first-order chi connectivity index (χ1) is 10.8. The molecule has 0 radical (unpaired) electrons. The van der Waals surface area contributed by atoms with Crippen molar-refractivity contribution in [1.82, 2.24) is 0 Å². The lowest BCUT2D eigenvalue weighted by atomic mass is 10.1. The topological polar surface area (TPSA) is 55.4 Å². The van der Waals surface area contributed by atoms with Gasteiger partial charge < -0.3 is 10.1 Å². The van der Waals surface area contributed by atoms with E-state index in [1.807, 2.05) is 32.0 Å². The first kappa shape index (κ1) is 16.7. The van der Waals surface area contributed by atoms with Gasteiger partial charge in [-0.1, -0.05) is 18.2 Å². The lowest BCUT2D eigenvalue weighted by Crippen LogP contribution is -2.30. The third kappa shape index (κ3) is 4.68. The molecular formula is C19H21NO3. The van der Waals surface area contributed by atoms with Crippen LogP contribution in [0.5, 0.6) is 5.75 Å². The van der Waals surface area contributed by atoms with E-state index in [1.165, 1.54) is 6.92 Å². The summed E-state index contributed by atoms with van der Waals surface area (Å²) >= 11 is 0. The first-order valence-electron chi connectivity index (χ1n) is 7.52. The minimum atomic E-state index is -0.641. The van der Waals surface area contributed by atoms with E-state index >= 15 is 0 Å². The van der Waals surface area contributed by atoms with E-state index in [0.29, 0.717) is 17.0 Å². The number of hydrogen-bond donors (Lipinski definition) is 1. The van der Waals surface area contributed by atoms with E-state index in [2.05, 4.69) is 5.32 Å². The SMILES string of the molecule is CC(=O)c1cccc(NC(=O)[C@H](C)Oc2cc(C)cc(C)c2)c1. The van der Waals surface area contributed by atoms with E-state index in [9.17, 15) is 9.59 Å². The molecule has 0 aliphatic carbocycles. The van der Waals surface area contributed by atoms with Crippen LogP contribution in [0.25, 0.3) is 0 Å². The molecule has 4 nitrogen and oxygen atoms in total. The summed E-state index contributed by atoms with van der Waals surface area (Å²) in [5.74, 6) is 0.369. The molecule has 4 heteroatoms. The summed E-state index contributed by atoms with van der Waals surface area (Å²) in [6.45, 7) is 7.16. The number of carbonyl (C=O) groups excluding carboxylic acids is 2. The highest BCUT2D eigenvalue weighted by Crippen LogP contribution is 2.18. The van der Waals surface area contributed by atoms with Crippen molar-refractivity contribution in [2.24, 2.45) is 0 Å². The fraction of sp³-hybridized carbons (Fsp3) is 0.263. The molecule has 0 saturated heterocycles. The number of rotatable bonds is 5. The van der Waals surface area contributed by atoms with Gasteiger partial charge in [0, 0.05) is 11.3 Å². The Morgan fingerprint density at radius 3 is 2.30 bits per heavy atom. The normalized spacial score (nSPS) is 11.7. The molecule has 0 unspecified atom stereocenters. The van der Waals surface area contributed by atoms with Gasteiger partial charge in [-0.25, -0.2) is 0 Å². The molecule has 2 rings (SSSR count). The molecule has 2 aromatic carbocycles. The predicted octanol–water partition coefficient (Wildman–Crippen LogP) is 3.91. The highest BCUT2D eigenvalue weighted by atomic mass is 16.5. The monoisotopic (exact) mass is 311 g/mol. The van der Waals surface area contributed by atoms with Crippen molar-refractivity contribution >= 4 is 17.4 Å². The van der Waals surface area contributed by atoms with Gasteiger partial charge in [0.1, 0.15) is 5.75 Å². The molecule has 2 aromatic rings. The van der Waals surface area contributed by atoms with Gasteiger partial charge in [-0.2, -0.15) is 0 Å². The van der Waals surface area contributed by atoms with Crippen molar-refractivity contribution in [2.75, 3.05) is 5.32 Å². The van der Waals surface area contributed by atoms with Gasteiger partial charge in [0.05, 0.1) is 0 Å². The van der Waals surface area contributed by atoms with Crippen LogP contribution in [0.15, 0.2) is 42.5 Å². The quantitative estimate of drug-likeness (QED) is 0.852. The van der Waals surface area contributed by atoms with E-state index < -0.39 is 6.10 Å². The zero-order valence-electron chi connectivity index (χ0n) is 13.8. The molecule has 1 atom stereocenters. The van der Waals surface area contributed by atoms with Crippen LogP contribution in [0.4, 0.5) is 5.69 Å². The molecule has 1 amide bonds. The summed E-state index contributed by atoms with van der Waals surface area (Å²) in [5.41, 5.74) is 3.31. The van der Waals surface area contributed by atoms with Crippen molar-refractivity contribution in [3.05, 3.63) is 59.2 Å². The van der Waals surface area contributed by atoms with Crippen LogP contribution in [-0.2, 0) is 4.79 Å². The van der Waals surface area contributed by atoms with Crippen molar-refractivity contribution in [1.29, 1.82) is 0 Å². The fourth-order valence-electron chi connectivity index (χ4n) is 2.32. The zero-order valence-corrected chi connectivity index (χ0v) is 13.8. The van der Waals surface area contributed by atoms with Crippen molar-refractivity contribution < 1.29 is 14.3 Å². The molecule has 0 heterocycles. The summed E-state index contributed by atoms with van der Waals surface area (Å²) < 4.78 is 5.71. The Kier molecular flexibility index (Phi) is 5.16. The molecule has 0 aliphatic rings. The van der Waals surface area contributed by atoms with Crippen molar-refractivity contribution in [2.45, 2.75) is 33.8 Å². The maximum absolute atomic E-state index is 12.2. The highest BCUT2D eigenvalue weighted by molar-refractivity contribution is 5.98. The molecule has 0 aromatic heterocycles. The molecule has 1 N–H and O–H groups in total. The van der Waals surface area contributed by atoms with Crippen LogP contribution in [-0.4, -0.2) is 17.8 Å². The average Bonchev–Trinajstić information content (AvgIpc) is 2.46. The lowest BCUT2D eigenvalue weighted by molar-refractivity contribution is -0.122. The van der Waals surface area contributed by atoms with Crippen LogP contribution in [0.3, 0.4) is 0 Å². The second-order valence-electron chi connectivity index (χ2n) is 5.71. The Bertz CT molecular complexity index is 717. The Labute approximate surface area is 136 Å². The van der Waals surface area contributed by atoms with Gasteiger partial charge in [-0.3, -0.25) is 9.59 Å². The number of Topliss-reactive ketones (excluding diaryl/α,β-unsaturated/α-hetero) is 1. The van der Waals surface area contributed by atoms with Gasteiger partial charge in [-0.15, -0.1) is 0 Å². The molecule has 0 fully saturated rings. The average molecular weight is 311 g/mol. The zero-order chi connectivity index (χ0) is 17.0. The van der Waals surface area contributed by atoms with Crippen LogP contribution in [0.1, 0.15) is 35.3 Å². The van der Waals surface area contributed by atoms with E-state index in [4.69, 9.17) is 4.74 Å². The number of ether oxygens (including phenoxy) is 1. The number of carbonyl (C=O) groups is 2. The molecule has 120 valence electrons. The highest BCUT2D eigenvalue weighted by Gasteiger charge is 2.15. The van der Waals surface area contributed by atoms with Crippen LogP contribution >= 0.6 is 0 Å². The second kappa shape index (κ2) is 7.09. The van der Waals surface area contributed by atoms with Crippen LogP contribution in [0.2, 0.25) is 0 Å². The van der Waals surface area contributed by atoms with E-state index in [1.54, 1.807) is 31.2 Å². The van der Waals surface area contributed by atoms with Crippen LogP contribution in [0, 0.1) is 13.8 Å². The van der Waals surface area contributed by atoms with Gasteiger partial charge in [0.15, 0.2) is 11.9 Å². The summed E-state index contributed by atoms with van der Waals surface area (Å²) in [4.78, 5) is 23.6. The van der Waals surface area contributed by atoms with Gasteiger partial charge in [0.25, 0.3) is 5.91 Å². The Hall–Kier alpha value is -2.62. The molecule has 0 saturated carbocycles. The summed E-state index contributed by atoms with van der Waals surface area (Å²) in [7, 11) is 0. The van der Waals surface area contributed by atoms with Gasteiger partial charge in [-0.05, 0) is 63.1 Å².